The maximum atomic E-state index is 5.08. The Hall–Kier alpha value is -1.17. The third-order valence-corrected chi connectivity index (χ3v) is 17.2. The van der Waals surface area contributed by atoms with Gasteiger partial charge < -0.3 is 12.0 Å². The number of benzene rings is 3. The first-order chi connectivity index (χ1) is 23.2. The van der Waals surface area contributed by atoms with E-state index in [4.69, 9.17) is 25.7 Å². The Labute approximate surface area is 317 Å². The zero-order valence-corrected chi connectivity index (χ0v) is 35.1. The summed E-state index contributed by atoms with van der Waals surface area (Å²) in [5.74, 6) is 1.27. The summed E-state index contributed by atoms with van der Waals surface area (Å²) in [6.45, 7) is 14.0. The molecule has 4 atom stereocenters. The van der Waals surface area contributed by atoms with Crippen LogP contribution in [0.1, 0.15) is 102 Å². The predicted molar refractivity (Wildman–Crippen MR) is 213 cm³/mol. The molecule has 0 bridgehead atoms. The molecule has 0 N–H and O–H groups in total. The Morgan fingerprint density at radius 2 is 1.33 bits per heavy atom. The summed E-state index contributed by atoms with van der Waals surface area (Å²) in [5, 5.41) is 3.11. The number of unbranched alkanes of at least 4 members (excludes halogenated alkanes) is 2. The van der Waals surface area contributed by atoms with E-state index in [0.717, 1.165) is 13.1 Å². The molecule has 266 valence electrons. The molecule has 0 radical (unpaired) electrons. The minimum absolute atomic E-state index is 0. The molecule has 1 fully saturated rings. The second-order valence-electron chi connectivity index (χ2n) is 15.4. The van der Waals surface area contributed by atoms with E-state index in [1.54, 1.807) is 10.4 Å². The number of nitrogens with zero attached hydrogens (tertiary/aromatic N) is 2. The third kappa shape index (κ3) is 8.90. The van der Waals surface area contributed by atoms with E-state index in [-0.39, 0.29) is 13.0 Å². The summed E-state index contributed by atoms with van der Waals surface area (Å²) in [5.41, 5.74) is 6.53. The topological polar surface area (TPSA) is 6.48 Å². The molecule has 0 spiro atoms. The summed E-state index contributed by atoms with van der Waals surface area (Å²) in [7, 11) is 12.3. The Bertz CT molecular complexity index is 1390. The molecule has 0 aromatic heterocycles. The van der Waals surface area contributed by atoms with Gasteiger partial charge in [-0.3, -0.25) is 11.9 Å². The van der Waals surface area contributed by atoms with Crippen LogP contribution in [-0.4, -0.2) is 29.3 Å². The Balaban J connectivity index is 0.00000130. The van der Waals surface area contributed by atoms with Gasteiger partial charge in [0.15, 0.2) is 8.24 Å². The minimum atomic E-state index is -2.58. The van der Waals surface area contributed by atoms with Crippen LogP contribution in [0.25, 0.3) is 0 Å². The number of rotatable bonds is 11. The van der Waals surface area contributed by atoms with Crippen LogP contribution in [0.2, 0.25) is 5.54 Å². The van der Waals surface area contributed by atoms with Crippen LogP contribution in [0.3, 0.4) is 0 Å². The van der Waals surface area contributed by atoms with E-state index < -0.39 is 25.3 Å². The van der Waals surface area contributed by atoms with Gasteiger partial charge in [-0.05, 0) is 100 Å². The molecule has 2 nitrogen and oxygen atoms in total. The van der Waals surface area contributed by atoms with Crippen molar-refractivity contribution in [2.24, 2.45) is 11.8 Å². The predicted octanol–water partition coefficient (Wildman–Crippen LogP) is 10.9. The first-order valence-corrected chi connectivity index (χ1v) is 24.7. The quantitative estimate of drug-likeness (QED) is 0.109. The molecule has 1 heterocycles. The number of allylic oxidation sites excluding steroid dienone is 1. The number of aryl methyl sites for hydroxylation is 2. The summed E-state index contributed by atoms with van der Waals surface area (Å²) in [6.07, 6.45) is 16.2. The van der Waals surface area contributed by atoms with Gasteiger partial charge in [0.25, 0.3) is 0 Å². The molecular formula is C43H60Cl2N2SiTi-2. The van der Waals surface area contributed by atoms with Crippen LogP contribution >= 0.6 is 18.6 Å². The molecule has 2 aliphatic carbocycles. The van der Waals surface area contributed by atoms with Gasteiger partial charge in [0, 0.05) is 19.1 Å². The summed E-state index contributed by atoms with van der Waals surface area (Å²) in [4.78, 5) is 2.84. The Morgan fingerprint density at radius 3 is 1.78 bits per heavy atom. The van der Waals surface area contributed by atoms with Gasteiger partial charge in [-0.15, -0.1) is 0 Å². The number of hydrogen-bond acceptors (Lipinski definition) is 2. The molecule has 3 aliphatic rings. The molecule has 3 aromatic carbocycles. The zero-order chi connectivity index (χ0) is 34.3. The molecule has 4 unspecified atom stereocenters. The summed E-state index contributed by atoms with van der Waals surface area (Å²) in [6, 6.07) is 29.7. The molecule has 49 heavy (non-hydrogen) atoms. The van der Waals surface area contributed by atoms with E-state index in [1.165, 1.54) is 80.0 Å². The van der Waals surface area contributed by atoms with Crippen molar-refractivity contribution in [3.05, 3.63) is 122 Å². The first-order valence-electron chi connectivity index (χ1n) is 18.4. The molecule has 1 aliphatic heterocycles. The standard InChI is InChI=1S/C42H57N2Si.CH3.2ClH.Ti/c1-7-9-15-32-21-25-36(26-22-32)45(43(6)42(3,4)5,37-27-23-33(24-28-37)16-10-8-2)41-29-40(38-19-13-14-20-39(38)41)44-30-34-17-11-12-18-35(34)31-44;;;;/h11-13,17-19,21-28,38-41H,6-10,14-16,20,29-31H2,1-5H3;1H3;2*1H;/q2*-1;;;+2/p-2. The van der Waals surface area contributed by atoms with E-state index in [2.05, 4.69) is 129 Å². The maximum absolute atomic E-state index is 5.08. The second kappa shape index (κ2) is 18.5. The van der Waals surface area contributed by atoms with Crippen molar-refractivity contribution in [2.75, 3.05) is 0 Å². The van der Waals surface area contributed by atoms with Crippen molar-refractivity contribution < 1.29 is 17.0 Å². The van der Waals surface area contributed by atoms with Gasteiger partial charge in [-0.2, -0.15) is 0 Å². The number of fused-ring (bicyclic) bond motifs is 2. The second-order valence-corrected chi connectivity index (χ2v) is 21.9. The molecule has 0 saturated heterocycles. The number of halogens is 2. The molecular weight excluding hydrogens is 691 g/mol. The van der Waals surface area contributed by atoms with Crippen LogP contribution in [0, 0.1) is 26.3 Å². The fraction of sp³-hybridized carbons (Fsp3) is 0.488. The van der Waals surface area contributed by atoms with Crippen LogP contribution in [0.15, 0.2) is 84.9 Å². The Morgan fingerprint density at radius 1 is 0.837 bits per heavy atom. The van der Waals surface area contributed by atoms with E-state index in [0.29, 0.717) is 23.4 Å². The molecule has 3 aromatic rings. The van der Waals surface area contributed by atoms with Crippen molar-refractivity contribution in [3.8, 4) is 0 Å². The fourth-order valence-electron chi connectivity index (χ4n) is 9.07. The van der Waals surface area contributed by atoms with Crippen molar-refractivity contribution in [1.82, 2.24) is 9.47 Å². The average Bonchev–Trinajstić information content (AvgIpc) is 3.70. The van der Waals surface area contributed by atoms with E-state index in [9.17, 15) is 0 Å². The molecule has 1 saturated carbocycles. The molecule has 6 heteroatoms. The van der Waals surface area contributed by atoms with Crippen LogP contribution in [-0.2, 0) is 43.0 Å². The summed E-state index contributed by atoms with van der Waals surface area (Å²) >= 11 is -0.556. The van der Waals surface area contributed by atoms with Gasteiger partial charge in [0.2, 0.25) is 0 Å². The SMILES string of the molecule is [CH2-]N(C(C)(C)C)[Si](c1ccc(CCCC)cc1)(c1ccc(CCCC)cc1)C1CC(N2Cc3ccccc3C2)C2C=CCCC21.[CH3-].[Cl][Ti][Cl]. The zero-order valence-electron chi connectivity index (χ0n) is 31.0. The van der Waals surface area contributed by atoms with Crippen LogP contribution in [0.4, 0.5) is 0 Å². The van der Waals surface area contributed by atoms with Crippen LogP contribution in [0.5, 0.6) is 0 Å². The van der Waals surface area contributed by atoms with Gasteiger partial charge in [-0.1, -0.05) is 132 Å². The van der Waals surface area contributed by atoms with Gasteiger partial charge in [0.1, 0.15) is 0 Å². The van der Waals surface area contributed by atoms with Crippen molar-refractivity contribution >= 4 is 37.2 Å². The fourth-order valence-corrected chi connectivity index (χ4v) is 15.3. The van der Waals surface area contributed by atoms with Gasteiger partial charge >= 0.3 is 35.6 Å². The van der Waals surface area contributed by atoms with E-state index >= 15 is 0 Å². The summed E-state index contributed by atoms with van der Waals surface area (Å²) < 4.78 is 2.67. The monoisotopic (exact) mass is 750 g/mol. The first kappa shape index (κ1) is 40.6. The van der Waals surface area contributed by atoms with Gasteiger partial charge in [0.05, 0.1) is 0 Å². The van der Waals surface area contributed by atoms with Gasteiger partial charge in [-0.25, -0.2) is 0 Å². The normalized spacial score (nSPS) is 21.8. The average molecular weight is 752 g/mol. The third-order valence-electron chi connectivity index (χ3n) is 11.5. The van der Waals surface area contributed by atoms with E-state index in [1.807, 2.05) is 0 Å². The van der Waals surface area contributed by atoms with Crippen molar-refractivity contribution in [1.29, 1.82) is 0 Å². The number of hydrogen-bond donors (Lipinski definition) is 0. The Kier molecular flexibility index (Phi) is 15.4. The molecule has 0 amide bonds. The van der Waals surface area contributed by atoms with Crippen molar-refractivity contribution in [3.63, 3.8) is 0 Å². The van der Waals surface area contributed by atoms with Crippen molar-refractivity contribution in [2.45, 2.75) is 123 Å². The van der Waals surface area contributed by atoms with Crippen LogP contribution < -0.4 is 10.4 Å². The molecule has 6 rings (SSSR count).